The first-order valence-corrected chi connectivity index (χ1v) is 9.29. The third-order valence-electron chi connectivity index (χ3n) is 5.10. The smallest absolute Gasteiger partial charge is 0.178 e. The van der Waals surface area contributed by atoms with Gasteiger partial charge in [-0.1, -0.05) is 13.8 Å². The van der Waals surface area contributed by atoms with Gasteiger partial charge in [0, 0.05) is 31.6 Å². The van der Waals surface area contributed by atoms with Gasteiger partial charge in [-0.2, -0.15) is 4.52 Å². The van der Waals surface area contributed by atoms with E-state index in [-0.39, 0.29) is 0 Å². The SMILES string of the molecule is CC1CC(C)CN(CC(C)Nc2ccc3nnc(C4CC4)n3n2)C1. The minimum absolute atomic E-state index is 0.369. The Morgan fingerprint density at radius 3 is 2.62 bits per heavy atom. The Kier molecular flexibility index (Phi) is 4.16. The molecule has 0 amide bonds. The number of aromatic nitrogens is 4. The normalized spacial score (nSPS) is 26.6. The van der Waals surface area contributed by atoms with Gasteiger partial charge in [0.2, 0.25) is 0 Å². The molecule has 3 heterocycles. The summed E-state index contributed by atoms with van der Waals surface area (Å²) in [6, 6.07) is 4.39. The van der Waals surface area contributed by atoms with E-state index in [0.717, 1.165) is 35.7 Å². The Balaban J connectivity index is 1.42. The second-order valence-corrected chi connectivity index (χ2v) is 8.03. The van der Waals surface area contributed by atoms with Gasteiger partial charge in [0.05, 0.1) is 0 Å². The molecule has 0 spiro atoms. The number of nitrogens with zero attached hydrogens (tertiary/aromatic N) is 5. The molecule has 3 unspecified atom stereocenters. The zero-order valence-corrected chi connectivity index (χ0v) is 14.9. The summed E-state index contributed by atoms with van der Waals surface area (Å²) >= 11 is 0. The van der Waals surface area contributed by atoms with Crippen LogP contribution in [0.2, 0.25) is 0 Å². The molecule has 4 rings (SSSR count). The molecule has 1 aliphatic carbocycles. The number of piperidine rings is 1. The molecule has 2 aromatic rings. The highest BCUT2D eigenvalue weighted by atomic mass is 15.4. The minimum Gasteiger partial charge on any atom is -0.365 e. The van der Waals surface area contributed by atoms with Crippen LogP contribution >= 0.6 is 0 Å². The molecular weight excluding hydrogens is 300 g/mol. The molecule has 24 heavy (non-hydrogen) atoms. The maximum absolute atomic E-state index is 4.72. The molecule has 6 heteroatoms. The van der Waals surface area contributed by atoms with Crippen molar-refractivity contribution in [3.05, 3.63) is 18.0 Å². The highest BCUT2D eigenvalue weighted by Crippen LogP contribution is 2.38. The number of rotatable bonds is 5. The van der Waals surface area contributed by atoms with Gasteiger partial charge in [-0.3, -0.25) is 0 Å². The van der Waals surface area contributed by atoms with Gasteiger partial charge in [-0.05, 0) is 50.2 Å². The Labute approximate surface area is 143 Å². The number of hydrogen-bond acceptors (Lipinski definition) is 5. The molecule has 0 aromatic carbocycles. The predicted octanol–water partition coefficient (Wildman–Crippen LogP) is 2.78. The van der Waals surface area contributed by atoms with Crippen LogP contribution in [-0.4, -0.2) is 50.4 Å². The molecular formula is C18H28N6. The second-order valence-electron chi connectivity index (χ2n) is 8.03. The molecule has 2 aromatic heterocycles. The Bertz CT molecular complexity index is 697. The van der Waals surface area contributed by atoms with E-state index in [1.807, 2.05) is 16.6 Å². The molecule has 3 atom stereocenters. The van der Waals surface area contributed by atoms with E-state index in [1.165, 1.54) is 32.4 Å². The summed E-state index contributed by atoms with van der Waals surface area (Å²) in [6.07, 6.45) is 3.78. The zero-order valence-electron chi connectivity index (χ0n) is 14.9. The van der Waals surface area contributed by atoms with E-state index < -0.39 is 0 Å². The van der Waals surface area contributed by atoms with Crippen molar-refractivity contribution < 1.29 is 0 Å². The summed E-state index contributed by atoms with van der Waals surface area (Å²) in [7, 11) is 0. The second kappa shape index (κ2) is 6.31. The first kappa shape index (κ1) is 15.8. The van der Waals surface area contributed by atoms with Crippen LogP contribution in [0.3, 0.4) is 0 Å². The summed E-state index contributed by atoms with van der Waals surface area (Å²) in [6.45, 7) is 10.4. The average Bonchev–Trinajstić information content (AvgIpc) is 3.26. The molecule has 1 saturated carbocycles. The lowest BCUT2D eigenvalue weighted by Crippen LogP contribution is -2.43. The van der Waals surface area contributed by atoms with Crippen LogP contribution in [0.5, 0.6) is 0 Å². The highest BCUT2D eigenvalue weighted by molar-refractivity contribution is 5.45. The predicted molar refractivity (Wildman–Crippen MR) is 95.2 cm³/mol. The van der Waals surface area contributed by atoms with Crippen LogP contribution in [0.4, 0.5) is 5.82 Å². The summed E-state index contributed by atoms with van der Waals surface area (Å²) in [5.74, 6) is 4.08. The molecule has 0 bridgehead atoms. The van der Waals surface area contributed by atoms with Crippen molar-refractivity contribution >= 4 is 11.5 Å². The van der Waals surface area contributed by atoms with Crippen LogP contribution in [-0.2, 0) is 0 Å². The monoisotopic (exact) mass is 328 g/mol. The first-order chi connectivity index (χ1) is 11.6. The number of likely N-dealkylation sites (tertiary alicyclic amines) is 1. The van der Waals surface area contributed by atoms with Crippen LogP contribution in [0.15, 0.2) is 12.1 Å². The van der Waals surface area contributed by atoms with E-state index in [9.17, 15) is 0 Å². The van der Waals surface area contributed by atoms with E-state index in [0.29, 0.717) is 12.0 Å². The standard InChI is InChI=1S/C18H28N6/c1-12-8-13(2)10-23(9-12)11-14(3)19-16-6-7-17-20-21-18(15-4-5-15)24(17)22-16/h6-7,12-15H,4-5,8-11H2,1-3H3,(H,19,22). The molecule has 2 aliphatic rings. The fourth-order valence-electron chi connectivity index (χ4n) is 4.11. The van der Waals surface area contributed by atoms with Gasteiger partial charge in [0.25, 0.3) is 0 Å². The average molecular weight is 328 g/mol. The molecule has 6 nitrogen and oxygen atoms in total. The van der Waals surface area contributed by atoms with Crippen molar-refractivity contribution in [1.82, 2.24) is 24.7 Å². The van der Waals surface area contributed by atoms with Crippen molar-refractivity contribution in [2.45, 2.75) is 52.0 Å². The number of hydrogen-bond donors (Lipinski definition) is 1. The number of anilines is 1. The Morgan fingerprint density at radius 2 is 1.92 bits per heavy atom. The van der Waals surface area contributed by atoms with E-state index in [1.54, 1.807) is 0 Å². The maximum Gasteiger partial charge on any atom is 0.178 e. The largest absolute Gasteiger partial charge is 0.365 e. The van der Waals surface area contributed by atoms with Crippen molar-refractivity contribution in [2.24, 2.45) is 11.8 Å². The fourth-order valence-corrected chi connectivity index (χ4v) is 4.11. The summed E-state index contributed by atoms with van der Waals surface area (Å²) < 4.78 is 1.91. The molecule has 1 aliphatic heterocycles. The van der Waals surface area contributed by atoms with Crippen LogP contribution in [0.25, 0.3) is 5.65 Å². The lowest BCUT2D eigenvalue weighted by molar-refractivity contribution is 0.138. The van der Waals surface area contributed by atoms with E-state index >= 15 is 0 Å². The first-order valence-electron chi connectivity index (χ1n) is 9.29. The number of fused-ring (bicyclic) bond motifs is 1. The molecule has 130 valence electrons. The summed E-state index contributed by atoms with van der Waals surface area (Å²) in [5, 5.41) is 16.8. The quantitative estimate of drug-likeness (QED) is 0.914. The van der Waals surface area contributed by atoms with Gasteiger partial charge in [0.1, 0.15) is 5.82 Å². The highest BCUT2D eigenvalue weighted by Gasteiger charge is 2.29. The Morgan fingerprint density at radius 1 is 1.17 bits per heavy atom. The van der Waals surface area contributed by atoms with E-state index in [4.69, 9.17) is 5.10 Å². The van der Waals surface area contributed by atoms with Gasteiger partial charge < -0.3 is 10.2 Å². The third kappa shape index (κ3) is 3.38. The maximum atomic E-state index is 4.72. The molecule has 1 N–H and O–H groups in total. The summed E-state index contributed by atoms with van der Waals surface area (Å²) in [5.41, 5.74) is 0.841. The van der Waals surface area contributed by atoms with Crippen molar-refractivity contribution in [3.63, 3.8) is 0 Å². The lowest BCUT2D eigenvalue weighted by atomic mass is 9.92. The molecule has 0 radical (unpaired) electrons. The van der Waals surface area contributed by atoms with Crippen molar-refractivity contribution in [3.8, 4) is 0 Å². The lowest BCUT2D eigenvalue weighted by Gasteiger charge is -2.36. The van der Waals surface area contributed by atoms with E-state index in [2.05, 4.69) is 41.2 Å². The van der Waals surface area contributed by atoms with Crippen molar-refractivity contribution in [1.29, 1.82) is 0 Å². The van der Waals surface area contributed by atoms with Gasteiger partial charge in [0.15, 0.2) is 11.5 Å². The minimum atomic E-state index is 0.369. The third-order valence-corrected chi connectivity index (χ3v) is 5.10. The topological polar surface area (TPSA) is 58.3 Å². The zero-order chi connectivity index (χ0) is 16.7. The fraction of sp³-hybridized carbons (Fsp3) is 0.722. The van der Waals surface area contributed by atoms with Gasteiger partial charge in [-0.15, -0.1) is 15.3 Å². The van der Waals surface area contributed by atoms with Gasteiger partial charge >= 0.3 is 0 Å². The molecule has 2 fully saturated rings. The number of nitrogens with one attached hydrogen (secondary N) is 1. The Hall–Kier alpha value is -1.69. The van der Waals surface area contributed by atoms with Crippen LogP contribution < -0.4 is 5.32 Å². The van der Waals surface area contributed by atoms with Crippen LogP contribution in [0.1, 0.15) is 51.8 Å². The van der Waals surface area contributed by atoms with Crippen molar-refractivity contribution in [2.75, 3.05) is 25.0 Å². The summed E-state index contributed by atoms with van der Waals surface area (Å²) in [4.78, 5) is 2.59. The van der Waals surface area contributed by atoms with Crippen LogP contribution in [0, 0.1) is 11.8 Å². The van der Waals surface area contributed by atoms with Gasteiger partial charge in [-0.25, -0.2) is 0 Å². The molecule has 1 saturated heterocycles.